The average Bonchev–Trinajstić information content (AvgIpc) is 2.50. The molecule has 0 bridgehead atoms. The van der Waals surface area contributed by atoms with Crippen molar-refractivity contribution in [1.82, 2.24) is 0 Å². The Labute approximate surface area is 67.2 Å². The zero-order valence-electron chi connectivity index (χ0n) is 6.45. The van der Waals surface area contributed by atoms with Crippen LogP contribution in [-0.2, 0) is 9.47 Å². The van der Waals surface area contributed by atoms with Gasteiger partial charge in [-0.05, 0) is 12.5 Å². The number of ether oxygens (including phenoxy) is 2. The Kier molecular flexibility index (Phi) is 3.74. The van der Waals surface area contributed by atoms with Crippen LogP contribution in [0.15, 0.2) is 12.2 Å². The highest BCUT2D eigenvalue weighted by Crippen LogP contribution is 2.12. The first-order valence-corrected chi connectivity index (χ1v) is 3.78. The summed E-state index contributed by atoms with van der Waals surface area (Å²) in [7, 11) is 0. The molecular formula is C9H12O2. The molecule has 1 saturated heterocycles. The monoisotopic (exact) mass is 152 g/mol. The van der Waals surface area contributed by atoms with Gasteiger partial charge in [-0.25, -0.2) is 0 Å². The molecule has 1 fully saturated rings. The minimum atomic E-state index is -0.00238. The van der Waals surface area contributed by atoms with Gasteiger partial charge < -0.3 is 9.47 Å². The van der Waals surface area contributed by atoms with E-state index in [1.54, 1.807) is 6.08 Å². The summed E-state index contributed by atoms with van der Waals surface area (Å²) >= 11 is 0. The molecule has 1 unspecified atom stereocenters. The van der Waals surface area contributed by atoms with Crippen molar-refractivity contribution in [2.45, 2.75) is 19.1 Å². The summed E-state index contributed by atoms with van der Waals surface area (Å²) in [6.07, 6.45) is 10.5. The lowest BCUT2D eigenvalue weighted by Crippen LogP contribution is -2.09. The quantitative estimate of drug-likeness (QED) is 0.568. The van der Waals surface area contributed by atoms with Crippen molar-refractivity contribution in [3.63, 3.8) is 0 Å². The lowest BCUT2D eigenvalue weighted by atomic mass is 10.4. The van der Waals surface area contributed by atoms with Crippen molar-refractivity contribution in [3.05, 3.63) is 12.2 Å². The Morgan fingerprint density at radius 2 is 2.64 bits per heavy atom. The highest BCUT2D eigenvalue weighted by Gasteiger charge is 2.14. The fraction of sp³-hybridized carbons (Fsp3) is 0.556. The molecule has 0 radical (unpaired) electrons. The van der Waals surface area contributed by atoms with Crippen LogP contribution >= 0.6 is 0 Å². The fourth-order valence-electron chi connectivity index (χ4n) is 0.959. The molecule has 1 rings (SSSR count). The van der Waals surface area contributed by atoms with E-state index in [0.717, 1.165) is 19.4 Å². The second kappa shape index (κ2) is 4.95. The zero-order valence-corrected chi connectivity index (χ0v) is 6.45. The summed E-state index contributed by atoms with van der Waals surface area (Å²) < 4.78 is 10.5. The summed E-state index contributed by atoms with van der Waals surface area (Å²) in [5, 5.41) is 0. The summed E-state index contributed by atoms with van der Waals surface area (Å²) in [6, 6.07) is 0. The van der Waals surface area contributed by atoms with E-state index in [1.807, 2.05) is 6.08 Å². The number of rotatable bonds is 3. The largest absolute Gasteiger partial charge is 0.353 e. The molecule has 0 amide bonds. The van der Waals surface area contributed by atoms with E-state index >= 15 is 0 Å². The summed E-state index contributed by atoms with van der Waals surface area (Å²) in [5.74, 6) is 2.39. The molecule has 60 valence electrons. The van der Waals surface area contributed by atoms with E-state index < -0.39 is 0 Å². The number of terminal acetylenes is 1. The van der Waals surface area contributed by atoms with Crippen molar-refractivity contribution < 1.29 is 9.47 Å². The molecule has 2 nitrogen and oxygen atoms in total. The molecule has 0 aromatic carbocycles. The maximum Gasteiger partial charge on any atom is 0.158 e. The van der Waals surface area contributed by atoms with Gasteiger partial charge in [0.05, 0.1) is 6.61 Å². The summed E-state index contributed by atoms with van der Waals surface area (Å²) in [5.41, 5.74) is 0. The van der Waals surface area contributed by atoms with Crippen LogP contribution in [0.25, 0.3) is 0 Å². The van der Waals surface area contributed by atoms with E-state index in [1.165, 1.54) is 0 Å². The molecule has 2 heteroatoms. The van der Waals surface area contributed by atoms with Crippen LogP contribution in [0.5, 0.6) is 0 Å². The van der Waals surface area contributed by atoms with Gasteiger partial charge >= 0.3 is 0 Å². The van der Waals surface area contributed by atoms with Gasteiger partial charge in [-0.15, -0.1) is 6.42 Å². The molecule has 0 N–H and O–H groups in total. The van der Waals surface area contributed by atoms with E-state index in [2.05, 4.69) is 5.92 Å². The third-order valence-electron chi connectivity index (χ3n) is 1.48. The Bertz CT molecular complexity index is 161. The molecule has 0 aliphatic carbocycles. The third kappa shape index (κ3) is 3.22. The van der Waals surface area contributed by atoms with Gasteiger partial charge in [-0.3, -0.25) is 0 Å². The highest BCUT2D eigenvalue weighted by molar-refractivity contribution is 5.08. The molecule has 1 heterocycles. The van der Waals surface area contributed by atoms with Crippen LogP contribution in [-0.4, -0.2) is 19.5 Å². The van der Waals surface area contributed by atoms with Gasteiger partial charge in [-0.1, -0.05) is 12.0 Å². The van der Waals surface area contributed by atoms with Crippen LogP contribution in [0, 0.1) is 12.3 Å². The minimum Gasteiger partial charge on any atom is -0.353 e. The molecule has 0 spiro atoms. The van der Waals surface area contributed by atoms with E-state index in [4.69, 9.17) is 15.9 Å². The number of hydrogen-bond acceptors (Lipinski definition) is 2. The van der Waals surface area contributed by atoms with Gasteiger partial charge in [0.2, 0.25) is 0 Å². The highest BCUT2D eigenvalue weighted by atomic mass is 16.7. The van der Waals surface area contributed by atoms with Crippen molar-refractivity contribution in [3.8, 4) is 12.3 Å². The van der Waals surface area contributed by atoms with Gasteiger partial charge in [-0.2, -0.15) is 0 Å². The molecule has 0 aromatic rings. The molecule has 1 aliphatic rings. The number of hydrogen-bond donors (Lipinski definition) is 0. The molecule has 0 aromatic heterocycles. The topological polar surface area (TPSA) is 18.5 Å². The van der Waals surface area contributed by atoms with Crippen molar-refractivity contribution in [1.29, 1.82) is 0 Å². The Morgan fingerprint density at radius 3 is 3.27 bits per heavy atom. The van der Waals surface area contributed by atoms with E-state index in [9.17, 15) is 0 Å². The SMILES string of the molecule is C#C/C=C/COC1CCCO1. The molecule has 11 heavy (non-hydrogen) atoms. The van der Waals surface area contributed by atoms with Crippen LogP contribution in [0.3, 0.4) is 0 Å². The molecule has 1 atom stereocenters. The maximum atomic E-state index is 5.30. The van der Waals surface area contributed by atoms with Crippen LogP contribution < -0.4 is 0 Å². The van der Waals surface area contributed by atoms with Crippen LogP contribution in [0.4, 0.5) is 0 Å². The molecule has 0 saturated carbocycles. The summed E-state index contributed by atoms with van der Waals surface area (Å²) in [6.45, 7) is 1.37. The Hall–Kier alpha value is -0.780. The van der Waals surface area contributed by atoms with Gasteiger partial charge in [0.1, 0.15) is 0 Å². The second-order valence-electron chi connectivity index (χ2n) is 2.34. The number of allylic oxidation sites excluding steroid dienone is 1. The average molecular weight is 152 g/mol. The third-order valence-corrected chi connectivity index (χ3v) is 1.48. The first-order valence-electron chi connectivity index (χ1n) is 3.78. The standard InChI is InChI=1S/C9H12O2/c1-2-3-4-7-10-9-6-5-8-11-9/h1,3-4,9H,5-8H2/b4-3+. The van der Waals surface area contributed by atoms with Crippen molar-refractivity contribution >= 4 is 0 Å². The smallest absolute Gasteiger partial charge is 0.158 e. The first-order chi connectivity index (χ1) is 5.43. The summed E-state index contributed by atoms with van der Waals surface area (Å²) in [4.78, 5) is 0. The van der Waals surface area contributed by atoms with Gasteiger partial charge in [0, 0.05) is 13.0 Å². The maximum absolute atomic E-state index is 5.30. The zero-order chi connectivity index (χ0) is 7.94. The minimum absolute atomic E-state index is 0.00238. The molecule has 1 aliphatic heterocycles. The van der Waals surface area contributed by atoms with Gasteiger partial charge in [0.25, 0.3) is 0 Å². The van der Waals surface area contributed by atoms with Crippen LogP contribution in [0.1, 0.15) is 12.8 Å². The molecular weight excluding hydrogens is 140 g/mol. The normalized spacial score (nSPS) is 24.1. The second-order valence-corrected chi connectivity index (χ2v) is 2.34. The predicted octanol–water partition coefficient (Wildman–Crippen LogP) is 1.33. The van der Waals surface area contributed by atoms with Gasteiger partial charge in [0.15, 0.2) is 6.29 Å². The van der Waals surface area contributed by atoms with E-state index in [-0.39, 0.29) is 6.29 Å². The van der Waals surface area contributed by atoms with Crippen LogP contribution in [0.2, 0.25) is 0 Å². The predicted molar refractivity (Wildman–Crippen MR) is 42.9 cm³/mol. The first kappa shape index (κ1) is 8.32. The van der Waals surface area contributed by atoms with Crippen molar-refractivity contribution in [2.75, 3.05) is 13.2 Å². The lowest BCUT2D eigenvalue weighted by Gasteiger charge is -2.07. The van der Waals surface area contributed by atoms with E-state index in [0.29, 0.717) is 6.61 Å². The lowest BCUT2D eigenvalue weighted by molar-refractivity contribution is -0.101. The Morgan fingerprint density at radius 1 is 1.73 bits per heavy atom. The van der Waals surface area contributed by atoms with Crippen molar-refractivity contribution in [2.24, 2.45) is 0 Å². The Balaban J connectivity index is 2.03. The fourth-order valence-corrected chi connectivity index (χ4v) is 0.959.